The lowest BCUT2D eigenvalue weighted by Crippen LogP contribution is -2.02. The van der Waals surface area contributed by atoms with E-state index < -0.39 is 0 Å². The normalized spacial score (nSPS) is 12.5. The molecular weight excluding hydrogens is 371 g/mol. The summed E-state index contributed by atoms with van der Waals surface area (Å²) in [5.41, 5.74) is 5.39. The van der Waals surface area contributed by atoms with Crippen molar-refractivity contribution in [2.75, 3.05) is 0 Å². The monoisotopic (exact) mass is 384 g/mol. The Kier molecular flexibility index (Phi) is 4.46. The van der Waals surface area contributed by atoms with E-state index in [0.717, 1.165) is 10.0 Å². The average molecular weight is 386 g/mol. The zero-order chi connectivity index (χ0) is 14.2. The highest BCUT2D eigenvalue weighted by Crippen LogP contribution is 2.37. The lowest BCUT2D eigenvalue weighted by molar-refractivity contribution is 0.613. The van der Waals surface area contributed by atoms with Gasteiger partial charge in [0.2, 0.25) is 0 Å². The Morgan fingerprint density at radius 3 is 2.16 bits per heavy atom. The van der Waals surface area contributed by atoms with Crippen LogP contribution in [0.4, 0.5) is 4.39 Å². The third-order valence-corrected chi connectivity index (χ3v) is 4.67. The van der Waals surface area contributed by atoms with Crippen LogP contribution in [0, 0.1) is 26.6 Å². The van der Waals surface area contributed by atoms with Crippen LogP contribution in [0.15, 0.2) is 34.8 Å². The van der Waals surface area contributed by atoms with E-state index in [1.807, 2.05) is 6.07 Å². The molecular formula is C16H15Br2F. The largest absolute Gasteiger partial charge is 0.207 e. The maximum Gasteiger partial charge on any atom is 0.127 e. The Labute approximate surface area is 130 Å². The molecule has 0 aliphatic carbocycles. The highest BCUT2D eigenvalue weighted by molar-refractivity contribution is 9.10. The standard InChI is InChI=1S/C16H15Br2F/c1-9-6-10(2)15(11(3)7-9)16(18)13-8-12(17)4-5-14(13)19/h4-8,16H,1-3H3. The van der Waals surface area contributed by atoms with Gasteiger partial charge in [0.15, 0.2) is 0 Å². The van der Waals surface area contributed by atoms with Crippen molar-refractivity contribution in [3.05, 3.63) is 68.4 Å². The van der Waals surface area contributed by atoms with Crippen molar-refractivity contribution in [3.8, 4) is 0 Å². The van der Waals surface area contributed by atoms with Crippen molar-refractivity contribution in [2.45, 2.75) is 25.6 Å². The molecule has 19 heavy (non-hydrogen) atoms. The van der Waals surface area contributed by atoms with Crippen LogP contribution < -0.4 is 0 Å². The predicted octanol–water partition coefficient (Wildman–Crippen LogP) is 6.00. The molecule has 0 nitrogen and oxygen atoms in total. The summed E-state index contributed by atoms with van der Waals surface area (Å²) < 4.78 is 14.9. The summed E-state index contributed by atoms with van der Waals surface area (Å²) in [4.78, 5) is -0.134. The second kappa shape index (κ2) is 5.76. The molecule has 0 amide bonds. The maximum atomic E-state index is 14.0. The van der Waals surface area contributed by atoms with E-state index in [1.54, 1.807) is 6.07 Å². The molecule has 0 fully saturated rings. The van der Waals surface area contributed by atoms with Gasteiger partial charge in [-0.2, -0.15) is 0 Å². The second-order valence-electron chi connectivity index (χ2n) is 4.84. The molecule has 0 saturated carbocycles. The molecule has 2 aromatic carbocycles. The molecule has 1 unspecified atom stereocenters. The van der Waals surface area contributed by atoms with E-state index in [0.29, 0.717) is 5.56 Å². The molecule has 0 radical (unpaired) electrons. The summed E-state index contributed by atoms with van der Waals surface area (Å²) in [6, 6.07) is 9.30. The zero-order valence-corrected chi connectivity index (χ0v) is 14.3. The Morgan fingerprint density at radius 2 is 1.58 bits per heavy atom. The quantitative estimate of drug-likeness (QED) is 0.556. The molecule has 0 aliphatic rings. The molecule has 3 heteroatoms. The molecule has 0 spiro atoms. The Bertz CT molecular complexity index is 597. The van der Waals surface area contributed by atoms with Crippen molar-refractivity contribution in [3.63, 3.8) is 0 Å². The zero-order valence-electron chi connectivity index (χ0n) is 11.1. The van der Waals surface area contributed by atoms with Crippen LogP contribution in [0.25, 0.3) is 0 Å². The summed E-state index contributed by atoms with van der Waals surface area (Å²) in [6.45, 7) is 6.21. The van der Waals surface area contributed by atoms with Crippen molar-refractivity contribution in [1.82, 2.24) is 0 Å². The fraction of sp³-hybridized carbons (Fsp3) is 0.250. The number of alkyl halides is 1. The summed E-state index contributed by atoms with van der Waals surface area (Å²) >= 11 is 7.04. The molecule has 0 saturated heterocycles. The Balaban J connectivity index is 2.56. The van der Waals surface area contributed by atoms with Gasteiger partial charge >= 0.3 is 0 Å². The Hall–Kier alpha value is -0.670. The lowest BCUT2D eigenvalue weighted by Gasteiger charge is -2.18. The van der Waals surface area contributed by atoms with Crippen LogP contribution in [-0.4, -0.2) is 0 Å². The molecule has 0 aliphatic heterocycles. The minimum atomic E-state index is -0.190. The van der Waals surface area contributed by atoms with Gasteiger partial charge in [-0.05, 0) is 55.7 Å². The summed E-state index contributed by atoms with van der Waals surface area (Å²) in [5, 5.41) is 0. The third kappa shape index (κ3) is 3.09. The van der Waals surface area contributed by atoms with E-state index in [-0.39, 0.29) is 10.6 Å². The molecule has 0 N–H and O–H groups in total. The van der Waals surface area contributed by atoms with Gasteiger partial charge in [-0.3, -0.25) is 0 Å². The molecule has 2 aromatic rings. The van der Waals surface area contributed by atoms with Gasteiger partial charge in [0, 0.05) is 10.0 Å². The predicted molar refractivity (Wildman–Crippen MR) is 85.5 cm³/mol. The lowest BCUT2D eigenvalue weighted by atomic mass is 9.94. The number of aryl methyl sites for hydroxylation is 3. The molecule has 0 heterocycles. The van der Waals surface area contributed by atoms with Gasteiger partial charge in [0.05, 0.1) is 4.83 Å². The van der Waals surface area contributed by atoms with E-state index in [9.17, 15) is 4.39 Å². The van der Waals surface area contributed by atoms with Crippen LogP contribution in [-0.2, 0) is 0 Å². The van der Waals surface area contributed by atoms with Gasteiger partial charge < -0.3 is 0 Å². The fourth-order valence-corrected chi connectivity index (χ4v) is 3.91. The first kappa shape index (κ1) is 14.7. The van der Waals surface area contributed by atoms with Crippen LogP contribution in [0.2, 0.25) is 0 Å². The summed E-state index contributed by atoms with van der Waals surface area (Å²) in [7, 11) is 0. The van der Waals surface area contributed by atoms with Gasteiger partial charge in [0.1, 0.15) is 5.82 Å². The third-order valence-electron chi connectivity index (χ3n) is 3.22. The molecule has 1 atom stereocenters. The second-order valence-corrected chi connectivity index (χ2v) is 6.67. The number of hydrogen-bond donors (Lipinski definition) is 0. The summed E-state index contributed by atoms with van der Waals surface area (Å²) in [5.74, 6) is -0.190. The van der Waals surface area contributed by atoms with E-state index in [4.69, 9.17) is 0 Å². The summed E-state index contributed by atoms with van der Waals surface area (Å²) in [6.07, 6.45) is 0. The highest BCUT2D eigenvalue weighted by Gasteiger charge is 2.19. The first-order chi connectivity index (χ1) is 8.90. The van der Waals surface area contributed by atoms with Gasteiger partial charge in [0.25, 0.3) is 0 Å². The maximum absolute atomic E-state index is 14.0. The van der Waals surface area contributed by atoms with Gasteiger partial charge in [-0.1, -0.05) is 49.6 Å². The first-order valence-corrected chi connectivity index (χ1v) is 7.77. The van der Waals surface area contributed by atoms with Gasteiger partial charge in [-0.25, -0.2) is 4.39 Å². The number of hydrogen-bond acceptors (Lipinski definition) is 0. The topological polar surface area (TPSA) is 0 Å². The van der Waals surface area contributed by atoms with Crippen LogP contribution in [0.3, 0.4) is 0 Å². The molecule has 100 valence electrons. The van der Waals surface area contributed by atoms with Crippen LogP contribution in [0.1, 0.15) is 32.6 Å². The molecule has 2 rings (SSSR count). The van der Waals surface area contributed by atoms with Crippen molar-refractivity contribution < 1.29 is 4.39 Å². The van der Waals surface area contributed by atoms with E-state index in [1.165, 1.54) is 22.8 Å². The Morgan fingerprint density at radius 1 is 1.00 bits per heavy atom. The van der Waals surface area contributed by atoms with E-state index >= 15 is 0 Å². The average Bonchev–Trinajstić information content (AvgIpc) is 2.30. The number of rotatable bonds is 2. The van der Waals surface area contributed by atoms with E-state index in [2.05, 4.69) is 64.8 Å². The van der Waals surface area contributed by atoms with Gasteiger partial charge in [-0.15, -0.1) is 0 Å². The van der Waals surface area contributed by atoms with Crippen LogP contribution in [0.5, 0.6) is 0 Å². The SMILES string of the molecule is Cc1cc(C)c(C(Br)c2cc(Br)ccc2F)c(C)c1. The van der Waals surface area contributed by atoms with Crippen molar-refractivity contribution in [2.24, 2.45) is 0 Å². The minimum Gasteiger partial charge on any atom is -0.207 e. The number of benzene rings is 2. The first-order valence-electron chi connectivity index (χ1n) is 6.07. The molecule has 0 aromatic heterocycles. The minimum absolute atomic E-state index is 0.134. The highest BCUT2D eigenvalue weighted by atomic mass is 79.9. The van der Waals surface area contributed by atoms with Crippen molar-refractivity contribution >= 4 is 31.9 Å². The molecule has 0 bridgehead atoms. The fourth-order valence-electron chi connectivity index (χ4n) is 2.46. The smallest absolute Gasteiger partial charge is 0.127 e. The van der Waals surface area contributed by atoms with Crippen molar-refractivity contribution in [1.29, 1.82) is 0 Å². The van der Waals surface area contributed by atoms with Crippen LogP contribution >= 0.6 is 31.9 Å². The number of halogens is 3.